The summed E-state index contributed by atoms with van der Waals surface area (Å²) in [4.78, 5) is 15.2. The first kappa shape index (κ1) is 14.5. The van der Waals surface area contributed by atoms with Gasteiger partial charge in [-0.3, -0.25) is 4.79 Å². The van der Waals surface area contributed by atoms with Crippen LogP contribution in [0, 0.1) is 0 Å². The van der Waals surface area contributed by atoms with Gasteiger partial charge in [0.1, 0.15) is 0 Å². The maximum Gasteiger partial charge on any atom is 0.233 e. The molecule has 0 spiro atoms. The minimum atomic E-state index is -0.149. The van der Waals surface area contributed by atoms with Crippen LogP contribution in [0.2, 0.25) is 0 Å². The summed E-state index contributed by atoms with van der Waals surface area (Å²) in [6.45, 7) is 3.72. The van der Waals surface area contributed by atoms with Crippen molar-refractivity contribution in [2.24, 2.45) is 0 Å². The quantitative estimate of drug-likeness (QED) is 0.855. The Balaban J connectivity index is 1.79. The van der Waals surface area contributed by atoms with Crippen LogP contribution < -0.4 is 0 Å². The lowest BCUT2D eigenvalue weighted by atomic mass is 9.92. The first-order chi connectivity index (χ1) is 10.3. The number of likely N-dealkylation sites (N-methyl/N-ethyl adjacent to an activating group) is 1. The number of carbonyl (C=O) groups excluding carboxylic acids is 1. The van der Waals surface area contributed by atoms with E-state index in [0.29, 0.717) is 6.04 Å². The predicted molar refractivity (Wildman–Crippen MR) is 78.7 cm³/mol. The number of hydrogen-bond donors (Lipinski definition) is 0. The largest absolute Gasteiger partial charge is 0.339 e. The Morgan fingerprint density at radius 1 is 1.19 bits per heavy atom. The number of tetrazole rings is 1. The first-order valence-corrected chi connectivity index (χ1v) is 8.37. The zero-order chi connectivity index (χ0) is 14.7. The fraction of sp³-hybridized carbons (Fsp3) is 0.867. The molecule has 1 saturated carbocycles. The van der Waals surface area contributed by atoms with E-state index in [1.807, 2.05) is 4.68 Å². The van der Waals surface area contributed by atoms with Gasteiger partial charge in [-0.2, -0.15) is 0 Å². The van der Waals surface area contributed by atoms with Gasteiger partial charge in [0.25, 0.3) is 0 Å². The number of nitrogens with zero attached hydrogens (tertiary/aromatic N) is 5. The van der Waals surface area contributed by atoms with Gasteiger partial charge in [-0.25, -0.2) is 4.68 Å². The summed E-state index contributed by atoms with van der Waals surface area (Å²) in [7, 11) is 0. The molecule has 1 aromatic rings. The standard InChI is InChI=1S/C15H25N5O/c1-2-19(12-8-4-3-5-9-12)15(21)13-10-6-7-11-20-14(13)16-17-18-20/h12-13H,2-11H2,1H3. The number of aromatic nitrogens is 4. The van der Waals surface area contributed by atoms with Crippen LogP contribution in [0.15, 0.2) is 0 Å². The molecule has 2 heterocycles. The smallest absolute Gasteiger partial charge is 0.233 e. The molecule has 6 nitrogen and oxygen atoms in total. The van der Waals surface area contributed by atoms with E-state index in [-0.39, 0.29) is 11.8 Å². The minimum Gasteiger partial charge on any atom is -0.339 e. The SMILES string of the molecule is CCN(C(=O)C1CCCCn2nnnc21)C1CCCCC1. The summed E-state index contributed by atoms with van der Waals surface area (Å²) >= 11 is 0. The van der Waals surface area contributed by atoms with Crippen molar-refractivity contribution in [3.63, 3.8) is 0 Å². The van der Waals surface area contributed by atoms with Gasteiger partial charge in [0, 0.05) is 19.1 Å². The molecule has 3 rings (SSSR count). The lowest BCUT2D eigenvalue weighted by Gasteiger charge is -2.35. The Morgan fingerprint density at radius 2 is 1.95 bits per heavy atom. The predicted octanol–water partition coefficient (Wildman–Crippen LogP) is 2.12. The highest BCUT2D eigenvalue weighted by atomic mass is 16.2. The number of aryl methyl sites for hydroxylation is 1. The molecule has 1 atom stereocenters. The molecule has 21 heavy (non-hydrogen) atoms. The molecule has 0 N–H and O–H groups in total. The van der Waals surface area contributed by atoms with Crippen molar-refractivity contribution < 1.29 is 4.79 Å². The van der Waals surface area contributed by atoms with Crippen LogP contribution in [0.25, 0.3) is 0 Å². The molecule has 0 bridgehead atoms. The van der Waals surface area contributed by atoms with Crippen LogP contribution in [0.5, 0.6) is 0 Å². The summed E-state index contributed by atoms with van der Waals surface area (Å²) in [6, 6.07) is 0.420. The lowest BCUT2D eigenvalue weighted by molar-refractivity contribution is -0.136. The van der Waals surface area contributed by atoms with Crippen LogP contribution in [0.1, 0.15) is 70.0 Å². The summed E-state index contributed by atoms with van der Waals surface area (Å²) < 4.78 is 1.82. The number of hydrogen-bond acceptors (Lipinski definition) is 4. The average Bonchev–Trinajstić information content (AvgIpc) is 2.88. The van der Waals surface area contributed by atoms with E-state index in [1.165, 1.54) is 19.3 Å². The zero-order valence-corrected chi connectivity index (χ0v) is 12.9. The molecule has 1 aliphatic carbocycles. The second-order valence-corrected chi connectivity index (χ2v) is 6.22. The maximum atomic E-state index is 13.1. The van der Waals surface area contributed by atoms with Crippen LogP contribution in [0.4, 0.5) is 0 Å². The highest BCUT2D eigenvalue weighted by Gasteiger charge is 2.34. The Labute approximate surface area is 125 Å². The molecule has 1 amide bonds. The summed E-state index contributed by atoms with van der Waals surface area (Å²) in [6.07, 6.45) is 9.09. The van der Waals surface area contributed by atoms with Gasteiger partial charge in [0.15, 0.2) is 5.82 Å². The van der Waals surface area contributed by atoms with E-state index in [4.69, 9.17) is 0 Å². The maximum absolute atomic E-state index is 13.1. The van der Waals surface area contributed by atoms with Gasteiger partial charge in [0.2, 0.25) is 5.91 Å². The fourth-order valence-corrected chi connectivity index (χ4v) is 3.78. The molecule has 1 aromatic heterocycles. The number of amides is 1. The van der Waals surface area contributed by atoms with Gasteiger partial charge >= 0.3 is 0 Å². The molecule has 0 aromatic carbocycles. The van der Waals surface area contributed by atoms with Crippen molar-refractivity contribution in [2.45, 2.75) is 76.8 Å². The zero-order valence-electron chi connectivity index (χ0n) is 12.9. The summed E-state index contributed by atoms with van der Waals surface area (Å²) in [5.74, 6) is 0.860. The van der Waals surface area contributed by atoms with Crippen molar-refractivity contribution >= 4 is 5.91 Å². The molecule has 0 saturated heterocycles. The van der Waals surface area contributed by atoms with E-state index in [2.05, 4.69) is 27.3 Å². The lowest BCUT2D eigenvalue weighted by Crippen LogP contribution is -2.44. The average molecular weight is 291 g/mol. The highest BCUT2D eigenvalue weighted by molar-refractivity contribution is 5.83. The Hall–Kier alpha value is -1.46. The fourth-order valence-electron chi connectivity index (χ4n) is 3.78. The number of rotatable bonds is 3. The van der Waals surface area contributed by atoms with Crippen molar-refractivity contribution in [1.82, 2.24) is 25.1 Å². The highest BCUT2D eigenvalue weighted by Crippen LogP contribution is 2.29. The molecule has 2 aliphatic rings. The van der Waals surface area contributed by atoms with Crippen molar-refractivity contribution in [1.29, 1.82) is 0 Å². The van der Waals surface area contributed by atoms with E-state index >= 15 is 0 Å². The van der Waals surface area contributed by atoms with Gasteiger partial charge in [0.05, 0.1) is 5.92 Å². The van der Waals surface area contributed by atoms with Gasteiger partial charge in [-0.05, 0) is 43.0 Å². The van der Waals surface area contributed by atoms with Crippen LogP contribution in [-0.2, 0) is 11.3 Å². The van der Waals surface area contributed by atoms with Gasteiger partial charge in [-0.15, -0.1) is 5.10 Å². The van der Waals surface area contributed by atoms with Gasteiger partial charge in [-0.1, -0.05) is 25.7 Å². The third-order valence-corrected chi connectivity index (χ3v) is 4.92. The minimum absolute atomic E-state index is 0.149. The second-order valence-electron chi connectivity index (χ2n) is 6.22. The Bertz CT molecular complexity index is 480. The molecule has 6 heteroatoms. The molecule has 1 aliphatic heterocycles. The van der Waals surface area contributed by atoms with Crippen LogP contribution in [-0.4, -0.2) is 43.6 Å². The van der Waals surface area contributed by atoms with Crippen LogP contribution in [0.3, 0.4) is 0 Å². The first-order valence-electron chi connectivity index (χ1n) is 8.37. The Kier molecular flexibility index (Phi) is 4.51. The topological polar surface area (TPSA) is 63.9 Å². The van der Waals surface area contributed by atoms with E-state index < -0.39 is 0 Å². The van der Waals surface area contributed by atoms with E-state index in [0.717, 1.165) is 51.0 Å². The molecule has 0 radical (unpaired) electrons. The number of fused-ring (bicyclic) bond motifs is 1. The summed E-state index contributed by atoms with van der Waals surface area (Å²) in [5, 5.41) is 11.9. The van der Waals surface area contributed by atoms with Crippen LogP contribution >= 0.6 is 0 Å². The number of carbonyl (C=O) groups is 1. The molecular weight excluding hydrogens is 266 g/mol. The third-order valence-electron chi connectivity index (χ3n) is 4.92. The summed E-state index contributed by atoms with van der Waals surface area (Å²) in [5.41, 5.74) is 0. The monoisotopic (exact) mass is 291 g/mol. The van der Waals surface area contributed by atoms with Crippen molar-refractivity contribution in [3.05, 3.63) is 5.82 Å². The Morgan fingerprint density at radius 3 is 2.71 bits per heavy atom. The molecule has 116 valence electrons. The third kappa shape index (κ3) is 2.94. The second kappa shape index (κ2) is 6.54. The van der Waals surface area contributed by atoms with Crippen molar-refractivity contribution in [2.75, 3.05) is 6.54 Å². The molecule has 1 fully saturated rings. The van der Waals surface area contributed by atoms with Gasteiger partial charge < -0.3 is 4.90 Å². The van der Waals surface area contributed by atoms with E-state index in [1.54, 1.807) is 0 Å². The molecule has 1 unspecified atom stereocenters. The van der Waals surface area contributed by atoms with E-state index in [9.17, 15) is 4.79 Å². The molecular formula is C15H25N5O. The normalized spacial score (nSPS) is 23.4. The van der Waals surface area contributed by atoms with Crippen molar-refractivity contribution in [3.8, 4) is 0 Å².